The number of pyridine rings is 1. The van der Waals surface area contributed by atoms with E-state index in [0.29, 0.717) is 35.4 Å². The molecular weight excluding hydrogens is 442 g/mol. The van der Waals surface area contributed by atoms with Crippen molar-refractivity contribution in [2.45, 2.75) is 33.6 Å². The van der Waals surface area contributed by atoms with Crippen molar-refractivity contribution in [3.05, 3.63) is 69.6 Å². The molecule has 8 nitrogen and oxygen atoms in total. The molecule has 0 spiro atoms. The average molecular weight is 472 g/mol. The molecule has 1 aliphatic rings. The maximum atomic E-state index is 13.5. The Morgan fingerprint density at radius 1 is 1.26 bits per heavy atom. The predicted molar refractivity (Wildman–Crippen MR) is 137 cm³/mol. The monoisotopic (exact) mass is 471 g/mol. The van der Waals surface area contributed by atoms with Crippen LogP contribution in [0.2, 0.25) is 0 Å². The highest BCUT2D eigenvalue weighted by Crippen LogP contribution is 2.26. The smallest absolute Gasteiger partial charge is 0.267 e. The minimum atomic E-state index is -0.594. The molecule has 0 atom stereocenters. The van der Waals surface area contributed by atoms with Crippen molar-refractivity contribution in [1.82, 2.24) is 9.38 Å². The SMILES string of the molecule is CCOc1ccc(NC(=O)C(C#N)=Cc2c(N3CCC(C)CC3)nc3c(C)cccn3c2=O)cc1. The van der Waals surface area contributed by atoms with Crippen LogP contribution in [-0.2, 0) is 4.79 Å². The lowest BCUT2D eigenvalue weighted by molar-refractivity contribution is -0.112. The van der Waals surface area contributed by atoms with E-state index in [4.69, 9.17) is 9.72 Å². The molecule has 4 rings (SSSR count). The van der Waals surface area contributed by atoms with Crippen molar-refractivity contribution in [1.29, 1.82) is 5.26 Å². The fourth-order valence-corrected chi connectivity index (χ4v) is 4.18. The molecular formula is C27H29N5O3. The Bertz CT molecular complexity index is 1360. The van der Waals surface area contributed by atoms with Gasteiger partial charge in [0.15, 0.2) is 0 Å². The number of nitriles is 1. The zero-order valence-electron chi connectivity index (χ0n) is 20.2. The van der Waals surface area contributed by atoms with Crippen molar-refractivity contribution in [3.8, 4) is 11.8 Å². The molecule has 1 aromatic carbocycles. The Morgan fingerprint density at radius 2 is 1.97 bits per heavy atom. The van der Waals surface area contributed by atoms with E-state index in [0.717, 1.165) is 31.5 Å². The van der Waals surface area contributed by atoms with E-state index in [9.17, 15) is 14.9 Å². The normalized spacial score (nSPS) is 14.6. The number of anilines is 2. The van der Waals surface area contributed by atoms with Gasteiger partial charge in [-0.2, -0.15) is 5.26 Å². The summed E-state index contributed by atoms with van der Waals surface area (Å²) in [6.45, 7) is 8.08. The Morgan fingerprint density at radius 3 is 2.63 bits per heavy atom. The third-order valence-electron chi connectivity index (χ3n) is 6.22. The molecule has 1 fully saturated rings. The largest absolute Gasteiger partial charge is 0.494 e. The van der Waals surface area contributed by atoms with Crippen molar-refractivity contribution in [2.75, 3.05) is 29.9 Å². The second kappa shape index (κ2) is 10.4. The van der Waals surface area contributed by atoms with Gasteiger partial charge in [0, 0.05) is 25.0 Å². The number of amides is 1. The van der Waals surface area contributed by atoms with Crippen molar-refractivity contribution < 1.29 is 9.53 Å². The average Bonchev–Trinajstić information content (AvgIpc) is 2.86. The Labute approximate surface area is 204 Å². The highest BCUT2D eigenvalue weighted by Gasteiger charge is 2.23. The van der Waals surface area contributed by atoms with Gasteiger partial charge < -0.3 is 15.0 Å². The number of aryl methyl sites for hydroxylation is 1. The number of nitrogens with one attached hydrogen (secondary N) is 1. The lowest BCUT2D eigenvalue weighted by Gasteiger charge is -2.32. The van der Waals surface area contributed by atoms with Crippen molar-refractivity contribution in [3.63, 3.8) is 0 Å². The first-order chi connectivity index (χ1) is 16.9. The number of nitrogens with zero attached hydrogens (tertiary/aromatic N) is 4. The first-order valence-corrected chi connectivity index (χ1v) is 11.8. The zero-order chi connectivity index (χ0) is 24.9. The summed E-state index contributed by atoms with van der Waals surface area (Å²) >= 11 is 0. The van der Waals surface area contributed by atoms with E-state index in [1.165, 1.54) is 10.5 Å². The van der Waals surface area contributed by atoms with Crippen molar-refractivity contribution in [2.24, 2.45) is 5.92 Å². The van der Waals surface area contributed by atoms with Gasteiger partial charge in [0.2, 0.25) is 0 Å². The quantitative estimate of drug-likeness (QED) is 0.428. The molecule has 0 saturated carbocycles. The second-order valence-corrected chi connectivity index (χ2v) is 8.79. The molecule has 0 aliphatic carbocycles. The van der Waals surface area contributed by atoms with Gasteiger partial charge in [0.1, 0.15) is 28.9 Å². The summed E-state index contributed by atoms with van der Waals surface area (Å²) in [6.07, 6.45) is 4.99. The minimum Gasteiger partial charge on any atom is -0.494 e. The molecule has 1 aliphatic heterocycles. The number of hydrogen-bond acceptors (Lipinski definition) is 6. The molecule has 0 unspecified atom stereocenters. The highest BCUT2D eigenvalue weighted by molar-refractivity contribution is 6.10. The molecule has 0 bridgehead atoms. The molecule has 2 aromatic heterocycles. The number of benzene rings is 1. The second-order valence-electron chi connectivity index (χ2n) is 8.79. The Kier molecular flexibility index (Phi) is 7.16. The van der Waals surface area contributed by atoms with E-state index in [1.54, 1.807) is 36.5 Å². The zero-order valence-corrected chi connectivity index (χ0v) is 20.2. The number of carbonyl (C=O) groups excluding carboxylic acids is 1. The van der Waals surface area contributed by atoms with Crippen LogP contribution in [0.25, 0.3) is 11.7 Å². The molecule has 180 valence electrons. The molecule has 35 heavy (non-hydrogen) atoms. The van der Waals surface area contributed by atoms with E-state index >= 15 is 0 Å². The van der Waals surface area contributed by atoms with Crippen LogP contribution in [0.4, 0.5) is 11.5 Å². The Balaban J connectivity index is 1.74. The lowest BCUT2D eigenvalue weighted by Crippen LogP contribution is -2.36. The van der Waals surface area contributed by atoms with E-state index in [2.05, 4.69) is 17.1 Å². The highest BCUT2D eigenvalue weighted by atomic mass is 16.5. The number of hydrogen-bond donors (Lipinski definition) is 1. The van der Waals surface area contributed by atoms with Crippen LogP contribution in [0.5, 0.6) is 5.75 Å². The van der Waals surface area contributed by atoms with Crippen LogP contribution in [0.1, 0.15) is 37.8 Å². The molecule has 3 heterocycles. The van der Waals surface area contributed by atoms with Gasteiger partial charge in [-0.1, -0.05) is 13.0 Å². The van der Waals surface area contributed by atoms with E-state index in [1.807, 2.05) is 26.0 Å². The predicted octanol–water partition coefficient (Wildman–Crippen LogP) is 4.18. The third-order valence-corrected chi connectivity index (χ3v) is 6.22. The number of ether oxygens (including phenoxy) is 1. The molecule has 1 amide bonds. The Hall–Kier alpha value is -4.12. The van der Waals surface area contributed by atoms with Crippen molar-refractivity contribution >= 4 is 29.1 Å². The minimum absolute atomic E-state index is 0.169. The van der Waals surface area contributed by atoms with Gasteiger partial charge in [-0.05, 0) is 74.6 Å². The number of rotatable bonds is 6. The van der Waals surface area contributed by atoms with Gasteiger partial charge in [0.05, 0.1) is 12.2 Å². The molecule has 1 N–H and O–H groups in total. The summed E-state index contributed by atoms with van der Waals surface area (Å²) in [7, 11) is 0. The fourth-order valence-electron chi connectivity index (χ4n) is 4.18. The first-order valence-electron chi connectivity index (χ1n) is 11.8. The summed E-state index contributed by atoms with van der Waals surface area (Å²) < 4.78 is 6.89. The van der Waals surface area contributed by atoms with Crippen LogP contribution < -0.4 is 20.5 Å². The van der Waals surface area contributed by atoms with Gasteiger partial charge in [-0.15, -0.1) is 0 Å². The number of fused-ring (bicyclic) bond motifs is 1. The summed E-state index contributed by atoms with van der Waals surface area (Å²) in [4.78, 5) is 33.4. The molecule has 8 heteroatoms. The van der Waals surface area contributed by atoms with Crippen LogP contribution >= 0.6 is 0 Å². The van der Waals surface area contributed by atoms with Gasteiger partial charge in [-0.25, -0.2) is 4.98 Å². The number of aromatic nitrogens is 2. The number of carbonyl (C=O) groups is 1. The van der Waals surface area contributed by atoms with Crippen LogP contribution in [0, 0.1) is 24.2 Å². The van der Waals surface area contributed by atoms with E-state index in [-0.39, 0.29) is 16.7 Å². The topological polar surface area (TPSA) is 99.7 Å². The van der Waals surface area contributed by atoms with Gasteiger partial charge in [0.25, 0.3) is 11.5 Å². The lowest BCUT2D eigenvalue weighted by atomic mass is 9.99. The maximum Gasteiger partial charge on any atom is 0.267 e. The fraction of sp³-hybridized carbons (Fsp3) is 0.333. The molecule has 0 radical (unpaired) electrons. The van der Waals surface area contributed by atoms with Gasteiger partial charge >= 0.3 is 0 Å². The van der Waals surface area contributed by atoms with Crippen LogP contribution in [0.15, 0.2) is 53.0 Å². The van der Waals surface area contributed by atoms with E-state index < -0.39 is 5.91 Å². The summed E-state index contributed by atoms with van der Waals surface area (Å²) in [5.41, 5.74) is 1.72. The van der Waals surface area contributed by atoms with Crippen LogP contribution in [-0.4, -0.2) is 35.0 Å². The standard InChI is InChI=1S/C27H29N5O3/c1-4-35-22-9-7-21(8-10-22)29-26(33)20(17-28)16-23-25(31-14-11-18(2)12-15-31)30-24-19(3)6-5-13-32(24)27(23)34/h5-10,13,16,18H,4,11-12,14-15H2,1-3H3,(H,29,33). The van der Waals surface area contributed by atoms with Crippen LogP contribution in [0.3, 0.4) is 0 Å². The molecule has 3 aromatic rings. The number of piperidine rings is 1. The molecule has 1 saturated heterocycles. The summed E-state index contributed by atoms with van der Waals surface area (Å²) in [5.74, 6) is 1.21. The summed E-state index contributed by atoms with van der Waals surface area (Å²) in [6, 6.07) is 12.5. The summed E-state index contributed by atoms with van der Waals surface area (Å²) in [5, 5.41) is 12.5. The van der Waals surface area contributed by atoms with Gasteiger partial charge in [-0.3, -0.25) is 14.0 Å². The first kappa shape index (κ1) is 24.0. The maximum absolute atomic E-state index is 13.5. The third kappa shape index (κ3) is 5.19.